The van der Waals surface area contributed by atoms with Gasteiger partial charge in [-0.15, -0.1) is 0 Å². The van der Waals surface area contributed by atoms with Crippen molar-refractivity contribution in [3.05, 3.63) is 57.0 Å². The monoisotopic (exact) mass is 378 g/mol. The first-order chi connectivity index (χ1) is 9.22. The smallest absolute Gasteiger partial charge is 0.0471 e. The third kappa shape index (κ3) is 2.20. The average Bonchev–Trinajstić information content (AvgIpc) is 2.45. The molecule has 3 rings (SSSR count). The minimum absolute atomic E-state index is 0.178. The highest BCUT2D eigenvalue weighted by Crippen LogP contribution is 2.39. The van der Waals surface area contributed by atoms with E-state index in [2.05, 4.69) is 62.2 Å². The van der Waals surface area contributed by atoms with Gasteiger partial charge in [-0.1, -0.05) is 36.4 Å². The SMILES string of the molecule is OCCc1ccc2c(Br)c3ccccc3c(Br)c2c1. The van der Waals surface area contributed by atoms with Crippen molar-refractivity contribution in [3.63, 3.8) is 0 Å². The third-order valence-corrected chi connectivity index (χ3v) is 5.07. The van der Waals surface area contributed by atoms with Crippen molar-refractivity contribution < 1.29 is 5.11 Å². The number of aliphatic hydroxyl groups is 1. The first-order valence-electron chi connectivity index (χ1n) is 6.11. The van der Waals surface area contributed by atoms with Gasteiger partial charge >= 0.3 is 0 Å². The van der Waals surface area contributed by atoms with E-state index in [1.54, 1.807) is 0 Å². The van der Waals surface area contributed by atoms with Gasteiger partial charge in [0.2, 0.25) is 0 Å². The third-order valence-electron chi connectivity index (χ3n) is 3.36. The van der Waals surface area contributed by atoms with Crippen LogP contribution >= 0.6 is 31.9 Å². The Hall–Kier alpha value is -0.900. The van der Waals surface area contributed by atoms with Gasteiger partial charge < -0.3 is 5.11 Å². The summed E-state index contributed by atoms with van der Waals surface area (Å²) in [6.07, 6.45) is 0.687. The molecule has 96 valence electrons. The van der Waals surface area contributed by atoms with Gasteiger partial charge in [0.05, 0.1) is 0 Å². The van der Waals surface area contributed by atoms with Crippen molar-refractivity contribution in [2.75, 3.05) is 6.61 Å². The van der Waals surface area contributed by atoms with Crippen molar-refractivity contribution in [1.29, 1.82) is 0 Å². The summed E-state index contributed by atoms with van der Waals surface area (Å²) in [5, 5.41) is 13.8. The second-order valence-corrected chi connectivity index (χ2v) is 6.11. The molecule has 0 saturated heterocycles. The molecule has 0 aliphatic carbocycles. The van der Waals surface area contributed by atoms with Crippen molar-refractivity contribution >= 4 is 53.4 Å². The fourth-order valence-corrected chi connectivity index (χ4v) is 3.77. The highest BCUT2D eigenvalue weighted by atomic mass is 79.9. The molecule has 3 aromatic rings. The topological polar surface area (TPSA) is 20.2 Å². The second kappa shape index (κ2) is 5.23. The summed E-state index contributed by atoms with van der Waals surface area (Å²) in [6.45, 7) is 0.178. The van der Waals surface area contributed by atoms with Crippen molar-refractivity contribution in [1.82, 2.24) is 0 Å². The zero-order valence-corrected chi connectivity index (χ0v) is 13.3. The number of halogens is 2. The normalized spacial score (nSPS) is 11.3. The standard InChI is InChI=1S/C16H12Br2O/c17-15-11-3-1-2-4-12(11)16(18)14-9-10(7-8-19)5-6-13(14)15/h1-6,9,19H,7-8H2. The highest BCUT2D eigenvalue weighted by Gasteiger charge is 2.10. The van der Waals surface area contributed by atoms with E-state index < -0.39 is 0 Å². The van der Waals surface area contributed by atoms with Crippen LogP contribution in [0.4, 0.5) is 0 Å². The van der Waals surface area contributed by atoms with E-state index in [4.69, 9.17) is 5.11 Å². The summed E-state index contributed by atoms with van der Waals surface area (Å²) in [7, 11) is 0. The fraction of sp³-hybridized carbons (Fsp3) is 0.125. The number of aliphatic hydroxyl groups excluding tert-OH is 1. The van der Waals surface area contributed by atoms with Crippen LogP contribution in [0.2, 0.25) is 0 Å². The van der Waals surface area contributed by atoms with E-state index in [0.29, 0.717) is 6.42 Å². The Morgan fingerprint density at radius 2 is 1.37 bits per heavy atom. The number of benzene rings is 3. The van der Waals surface area contributed by atoms with Crippen molar-refractivity contribution in [2.24, 2.45) is 0 Å². The molecule has 19 heavy (non-hydrogen) atoms. The van der Waals surface area contributed by atoms with E-state index in [9.17, 15) is 0 Å². The van der Waals surface area contributed by atoms with E-state index in [1.807, 2.05) is 12.1 Å². The largest absolute Gasteiger partial charge is 0.396 e. The molecule has 0 aromatic heterocycles. The molecule has 0 spiro atoms. The molecule has 1 nitrogen and oxygen atoms in total. The lowest BCUT2D eigenvalue weighted by molar-refractivity contribution is 0.299. The van der Waals surface area contributed by atoms with Crippen LogP contribution in [-0.2, 0) is 6.42 Å². The van der Waals surface area contributed by atoms with Gasteiger partial charge in [-0.25, -0.2) is 0 Å². The van der Waals surface area contributed by atoms with Gasteiger partial charge in [-0.3, -0.25) is 0 Å². The van der Waals surface area contributed by atoms with Gasteiger partial charge in [0.1, 0.15) is 0 Å². The molecule has 0 heterocycles. The van der Waals surface area contributed by atoms with Gasteiger partial charge in [0.15, 0.2) is 0 Å². The maximum absolute atomic E-state index is 9.07. The molecule has 0 amide bonds. The number of hydrogen-bond acceptors (Lipinski definition) is 1. The van der Waals surface area contributed by atoms with Crippen LogP contribution in [0.5, 0.6) is 0 Å². The fourth-order valence-electron chi connectivity index (χ4n) is 2.41. The molecule has 0 unspecified atom stereocenters. The zero-order valence-electron chi connectivity index (χ0n) is 10.2. The number of fused-ring (bicyclic) bond motifs is 2. The quantitative estimate of drug-likeness (QED) is 0.617. The van der Waals surface area contributed by atoms with Gasteiger partial charge in [-0.2, -0.15) is 0 Å². The number of rotatable bonds is 2. The maximum Gasteiger partial charge on any atom is 0.0471 e. The highest BCUT2D eigenvalue weighted by molar-refractivity contribution is 9.11. The van der Waals surface area contributed by atoms with Crippen LogP contribution in [0.3, 0.4) is 0 Å². The summed E-state index contributed by atoms with van der Waals surface area (Å²) < 4.78 is 2.23. The van der Waals surface area contributed by atoms with Crippen LogP contribution in [-0.4, -0.2) is 11.7 Å². The Labute approximate surface area is 128 Å². The molecule has 3 heteroatoms. The van der Waals surface area contributed by atoms with E-state index in [-0.39, 0.29) is 6.61 Å². The predicted molar refractivity (Wildman–Crippen MR) is 87.6 cm³/mol. The molecule has 3 aromatic carbocycles. The minimum atomic E-state index is 0.178. The van der Waals surface area contributed by atoms with Crippen molar-refractivity contribution in [3.8, 4) is 0 Å². The Morgan fingerprint density at radius 1 is 0.789 bits per heavy atom. The first kappa shape index (κ1) is 13.1. The Bertz CT molecular complexity index is 765. The summed E-state index contributed by atoms with van der Waals surface area (Å²) in [4.78, 5) is 0. The van der Waals surface area contributed by atoms with Gasteiger partial charge in [-0.05, 0) is 71.5 Å². The van der Waals surface area contributed by atoms with E-state index in [0.717, 1.165) is 14.5 Å². The lowest BCUT2D eigenvalue weighted by Gasteiger charge is -2.11. The minimum Gasteiger partial charge on any atom is -0.396 e. The molecule has 0 atom stereocenters. The van der Waals surface area contributed by atoms with Crippen LogP contribution in [0.15, 0.2) is 51.4 Å². The molecule has 0 fully saturated rings. The van der Waals surface area contributed by atoms with E-state index in [1.165, 1.54) is 21.5 Å². The maximum atomic E-state index is 9.07. The molecule has 1 N–H and O–H groups in total. The second-order valence-electron chi connectivity index (χ2n) is 4.53. The summed E-state index contributed by atoms with van der Waals surface area (Å²) >= 11 is 7.43. The summed E-state index contributed by atoms with van der Waals surface area (Å²) in [6, 6.07) is 14.7. The van der Waals surface area contributed by atoms with Crippen LogP contribution in [0.1, 0.15) is 5.56 Å². The Morgan fingerprint density at radius 3 is 2.00 bits per heavy atom. The first-order valence-corrected chi connectivity index (χ1v) is 7.70. The molecular formula is C16H12Br2O. The summed E-state index contributed by atoms with van der Waals surface area (Å²) in [5.74, 6) is 0. The molecule has 0 aliphatic rings. The van der Waals surface area contributed by atoms with Crippen LogP contribution in [0, 0.1) is 0 Å². The Kier molecular flexibility index (Phi) is 3.61. The predicted octanol–water partition coefficient (Wildman–Crippen LogP) is 5.05. The number of hydrogen-bond donors (Lipinski definition) is 1. The van der Waals surface area contributed by atoms with Crippen LogP contribution < -0.4 is 0 Å². The molecular weight excluding hydrogens is 368 g/mol. The molecule has 0 saturated carbocycles. The summed E-state index contributed by atoms with van der Waals surface area (Å²) in [5.41, 5.74) is 1.15. The van der Waals surface area contributed by atoms with Crippen molar-refractivity contribution in [2.45, 2.75) is 6.42 Å². The van der Waals surface area contributed by atoms with Gasteiger partial charge in [0, 0.05) is 15.6 Å². The Balaban J connectivity index is 2.42. The van der Waals surface area contributed by atoms with Gasteiger partial charge in [0.25, 0.3) is 0 Å². The zero-order chi connectivity index (χ0) is 13.4. The van der Waals surface area contributed by atoms with Crippen LogP contribution in [0.25, 0.3) is 21.5 Å². The lowest BCUT2D eigenvalue weighted by atomic mass is 10.0. The lowest BCUT2D eigenvalue weighted by Crippen LogP contribution is -1.91. The average molecular weight is 380 g/mol. The molecule has 0 aliphatic heterocycles. The molecule has 0 bridgehead atoms. The van der Waals surface area contributed by atoms with E-state index >= 15 is 0 Å². The molecule has 0 radical (unpaired) electrons.